The van der Waals surface area contributed by atoms with Gasteiger partial charge in [0, 0.05) is 44.4 Å². The van der Waals surface area contributed by atoms with Gasteiger partial charge in [0.05, 0.1) is 6.54 Å². The van der Waals surface area contributed by atoms with Crippen LogP contribution in [0.1, 0.15) is 24.2 Å². The van der Waals surface area contributed by atoms with Gasteiger partial charge >= 0.3 is 0 Å². The van der Waals surface area contributed by atoms with E-state index in [0.717, 1.165) is 0 Å². The SMILES string of the molecule is CC(=O)c1ccccc1NCC(=O)N1CCN(C(C)=O)CC1. The fourth-order valence-corrected chi connectivity index (χ4v) is 2.50. The smallest absolute Gasteiger partial charge is 0.241 e. The van der Waals surface area contributed by atoms with Crippen molar-refractivity contribution < 1.29 is 14.4 Å². The van der Waals surface area contributed by atoms with Crippen LogP contribution in [0.3, 0.4) is 0 Å². The number of anilines is 1. The number of rotatable bonds is 4. The Kier molecular flexibility index (Phi) is 5.14. The summed E-state index contributed by atoms with van der Waals surface area (Å²) in [5.41, 5.74) is 1.25. The zero-order valence-electron chi connectivity index (χ0n) is 13.0. The fourth-order valence-electron chi connectivity index (χ4n) is 2.50. The number of para-hydroxylation sites is 1. The Hall–Kier alpha value is -2.37. The van der Waals surface area contributed by atoms with Crippen LogP contribution >= 0.6 is 0 Å². The summed E-state index contributed by atoms with van der Waals surface area (Å²) in [6, 6.07) is 7.15. The first-order chi connectivity index (χ1) is 10.5. The predicted octanol–water partition coefficient (Wildman–Crippen LogP) is 0.992. The van der Waals surface area contributed by atoms with Crippen LogP contribution in [0.4, 0.5) is 5.69 Å². The molecule has 0 atom stereocenters. The van der Waals surface area contributed by atoms with Gasteiger partial charge in [0.25, 0.3) is 0 Å². The molecule has 0 bridgehead atoms. The molecule has 0 aliphatic carbocycles. The lowest BCUT2D eigenvalue weighted by Gasteiger charge is -2.34. The van der Waals surface area contributed by atoms with E-state index < -0.39 is 0 Å². The van der Waals surface area contributed by atoms with Gasteiger partial charge in [-0.25, -0.2) is 0 Å². The van der Waals surface area contributed by atoms with Crippen molar-refractivity contribution in [1.29, 1.82) is 0 Å². The van der Waals surface area contributed by atoms with Crippen molar-refractivity contribution >= 4 is 23.3 Å². The molecule has 118 valence electrons. The molecule has 0 radical (unpaired) electrons. The molecule has 1 aromatic carbocycles. The summed E-state index contributed by atoms with van der Waals surface area (Å²) in [5, 5.41) is 3.03. The Morgan fingerprint density at radius 3 is 2.18 bits per heavy atom. The van der Waals surface area contributed by atoms with Gasteiger partial charge < -0.3 is 15.1 Å². The molecule has 0 unspecified atom stereocenters. The van der Waals surface area contributed by atoms with Gasteiger partial charge in [-0.3, -0.25) is 14.4 Å². The van der Waals surface area contributed by atoms with E-state index in [1.165, 1.54) is 13.8 Å². The van der Waals surface area contributed by atoms with E-state index in [4.69, 9.17) is 0 Å². The van der Waals surface area contributed by atoms with E-state index in [9.17, 15) is 14.4 Å². The third-order valence-electron chi connectivity index (χ3n) is 3.81. The molecule has 1 aliphatic heterocycles. The Labute approximate surface area is 130 Å². The third kappa shape index (κ3) is 3.84. The molecule has 1 N–H and O–H groups in total. The van der Waals surface area contributed by atoms with E-state index in [1.54, 1.807) is 28.0 Å². The third-order valence-corrected chi connectivity index (χ3v) is 3.81. The minimum Gasteiger partial charge on any atom is -0.376 e. The highest BCUT2D eigenvalue weighted by Gasteiger charge is 2.22. The van der Waals surface area contributed by atoms with Gasteiger partial charge in [0.2, 0.25) is 11.8 Å². The molecule has 1 aromatic rings. The summed E-state index contributed by atoms with van der Waals surface area (Å²) in [6.07, 6.45) is 0. The molecule has 0 aromatic heterocycles. The largest absolute Gasteiger partial charge is 0.376 e. The molecule has 22 heavy (non-hydrogen) atoms. The number of nitrogens with one attached hydrogen (secondary N) is 1. The summed E-state index contributed by atoms with van der Waals surface area (Å²) >= 11 is 0. The molecule has 2 rings (SSSR count). The molecule has 0 spiro atoms. The first-order valence-corrected chi connectivity index (χ1v) is 7.36. The predicted molar refractivity (Wildman–Crippen MR) is 83.8 cm³/mol. The van der Waals surface area contributed by atoms with Crippen LogP contribution < -0.4 is 5.32 Å². The molecule has 6 nitrogen and oxygen atoms in total. The minimum absolute atomic E-state index is 0.0263. The summed E-state index contributed by atoms with van der Waals surface area (Å²) in [5.74, 6) is -0.0206. The normalized spacial score (nSPS) is 14.6. The van der Waals surface area contributed by atoms with Crippen molar-refractivity contribution in [2.75, 3.05) is 38.0 Å². The van der Waals surface area contributed by atoms with Crippen molar-refractivity contribution in [3.8, 4) is 0 Å². The second kappa shape index (κ2) is 7.06. The van der Waals surface area contributed by atoms with Crippen molar-refractivity contribution in [3.63, 3.8) is 0 Å². The maximum Gasteiger partial charge on any atom is 0.241 e. The Bertz CT molecular complexity index is 578. The van der Waals surface area contributed by atoms with E-state index >= 15 is 0 Å². The fraction of sp³-hybridized carbons (Fsp3) is 0.438. The number of ketones is 1. The van der Waals surface area contributed by atoms with E-state index in [2.05, 4.69) is 5.32 Å². The summed E-state index contributed by atoms with van der Waals surface area (Å²) < 4.78 is 0. The number of carbonyl (C=O) groups is 3. The molecule has 6 heteroatoms. The lowest BCUT2D eigenvalue weighted by atomic mass is 10.1. The van der Waals surface area contributed by atoms with Gasteiger partial charge in [-0.2, -0.15) is 0 Å². The number of piperazine rings is 1. The molecule has 1 aliphatic rings. The van der Waals surface area contributed by atoms with Crippen molar-refractivity contribution in [3.05, 3.63) is 29.8 Å². The Morgan fingerprint density at radius 2 is 1.59 bits per heavy atom. The second-order valence-electron chi connectivity index (χ2n) is 5.34. The van der Waals surface area contributed by atoms with Crippen LogP contribution in [0, 0.1) is 0 Å². The molecule has 1 saturated heterocycles. The number of benzene rings is 1. The van der Waals surface area contributed by atoms with Crippen LogP contribution in [-0.4, -0.2) is 60.1 Å². The average molecular weight is 303 g/mol. The second-order valence-corrected chi connectivity index (χ2v) is 5.34. The molecular formula is C16H21N3O3. The topological polar surface area (TPSA) is 69.7 Å². The van der Waals surface area contributed by atoms with Gasteiger partial charge in [-0.1, -0.05) is 12.1 Å². The first kappa shape index (κ1) is 16.0. The molecule has 2 amide bonds. The number of hydrogen-bond donors (Lipinski definition) is 1. The summed E-state index contributed by atoms with van der Waals surface area (Å²) in [6.45, 7) is 5.44. The highest BCUT2D eigenvalue weighted by Crippen LogP contribution is 2.15. The van der Waals surface area contributed by atoms with Gasteiger partial charge in [-0.05, 0) is 19.1 Å². The van der Waals surface area contributed by atoms with Crippen LogP contribution in [0.25, 0.3) is 0 Å². The van der Waals surface area contributed by atoms with Crippen LogP contribution in [0.2, 0.25) is 0 Å². The monoisotopic (exact) mass is 303 g/mol. The number of Topliss-reactive ketones (excluding diaryl/α,β-unsaturated/α-hetero) is 1. The lowest BCUT2D eigenvalue weighted by Crippen LogP contribution is -2.51. The van der Waals surface area contributed by atoms with Gasteiger partial charge in [-0.15, -0.1) is 0 Å². The highest BCUT2D eigenvalue weighted by atomic mass is 16.2. The minimum atomic E-state index is -0.0365. The summed E-state index contributed by atoms with van der Waals surface area (Å²) in [4.78, 5) is 38.5. The van der Waals surface area contributed by atoms with Crippen LogP contribution in [0.15, 0.2) is 24.3 Å². The number of amides is 2. The quantitative estimate of drug-likeness (QED) is 0.842. The first-order valence-electron chi connectivity index (χ1n) is 7.36. The molecule has 0 saturated carbocycles. The van der Waals surface area contributed by atoms with Crippen molar-refractivity contribution in [1.82, 2.24) is 9.80 Å². The lowest BCUT2D eigenvalue weighted by molar-refractivity contribution is -0.137. The maximum absolute atomic E-state index is 12.2. The zero-order valence-corrected chi connectivity index (χ0v) is 13.0. The van der Waals surface area contributed by atoms with E-state index in [1.807, 2.05) is 6.07 Å². The molecule has 1 heterocycles. The number of hydrogen-bond acceptors (Lipinski definition) is 4. The van der Waals surface area contributed by atoms with Crippen LogP contribution in [-0.2, 0) is 9.59 Å². The Morgan fingerprint density at radius 1 is 1.00 bits per heavy atom. The zero-order chi connectivity index (χ0) is 16.1. The maximum atomic E-state index is 12.2. The Balaban J connectivity index is 1.89. The van der Waals surface area contributed by atoms with Crippen molar-refractivity contribution in [2.24, 2.45) is 0 Å². The number of carbonyl (C=O) groups excluding carboxylic acids is 3. The molecular weight excluding hydrogens is 282 g/mol. The van der Waals surface area contributed by atoms with Gasteiger partial charge in [0.1, 0.15) is 0 Å². The number of nitrogens with zero attached hydrogens (tertiary/aromatic N) is 2. The van der Waals surface area contributed by atoms with Crippen molar-refractivity contribution in [2.45, 2.75) is 13.8 Å². The summed E-state index contributed by atoms with van der Waals surface area (Å²) in [7, 11) is 0. The highest BCUT2D eigenvalue weighted by molar-refractivity contribution is 6.00. The standard InChI is InChI=1S/C16H21N3O3/c1-12(20)14-5-3-4-6-15(14)17-11-16(22)19-9-7-18(8-10-19)13(2)21/h3-6,17H,7-11H2,1-2H3. The van der Waals surface area contributed by atoms with E-state index in [-0.39, 0.29) is 24.1 Å². The van der Waals surface area contributed by atoms with Gasteiger partial charge in [0.15, 0.2) is 5.78 Å². The van der Waals surface area contributed by atoms with Crippen LogP contribution in [0.5, 0.6) is 0 Å². The molecule has 1 fully saturated rings. The average Bonchev–Trinajstić information content (AvgIpc) is 2.52. The van der Waals surface area contributed by atoms with E-state index in [0.29, 0.717) is 37.4 Å².